The molecule has 0 spiro atoms. The molecule has 0 radical (unpaired) electrons. The lowest BCUT2D eigenvalue weighted by Crippen LogP contribution is -2.26. The zero-order valence-corrected chi connectivity index (χ0v) is 7.92. The van der Waals surface area contributed by atoms with E-state index in [1.54, 1.807) is 24.3 Å². The number of hydrogen-bond donors (Lipinski definition) is 1. The van der Waals surface area contributed by atoms with E-state index in [1.165, 1.54) is 0 Å². The van der Waals surface area contributed by atoms with Gasteiger partial charge in [-0.1, -0.05) is 0 Å². The molecular weight excluding hydrogens is 180 g/mol. The molecule has 1 aliphatic rings. The number of aliphatic hydroxyl groups excluding tert-OH is 1. The maximum absolute atomic E-state index is 11.3. The van der Waals surface area contributed by atoms with Crippen molar-refractivity contribution in [3.05, 3.63) is 30.1 Å². The Kier molecular flexibility index (Phi) is 2.21. The van der Waals surface area contributed by atoms with E-state index in [2.05, 4.69) is 4.98 Å². The second-order valence-corrected chi connectivity index (χ2v) is 3.50. The van der Waals surface area contributed by atoms with Crippen LogP contribution in [0.5, 0.6) is 0 Å². The Morgan fingerprint density at radius 1 is 1.50 bits per heavy atom. The molecular formula is C10H12N2O2. The van der Waals surface area contributed by atoms with Gasteiger partial charge in [-0.25, -0.2) is 0 Å². The number of hydrogen-bond acceptors (Lipinski definition) is 3. The van der Waals surface area contributed by atoms with Crippen LogP contribution in [0.4, 0.5) is 0 Å². The third kappa shape index (κ3) is 1.37. The quantitative estimate of drug-likeness (QED) is 0.698. The van der Waals surface area contributed by atoms with E-state index in [-0.39, 0.29) is 11.9 Å². The topological polar surface area (TPSA) is 53.4 Å². The van der Waals surface area contributed by atoms with E-state index in [9.17, 15) is 9.90 Å². The standard InChI is InChI=1S/C10H12N2O2/c1-12-8(6-9(13)10(12)14)7-2-4-11-5-3-7/h2-5,8-9,13H,6H2,1H3/t8-,9+/m0/s1. The largest absolute Gasteiger partial charge is 0.383 e. The summed E-state index contributed by atoms with van der Waals surface area (Å²) in [6.45, 7) is 0. The van der Waals surface area contributed by atoms with Crippen molar-refractivity contribution in [2.45, 2.75) is 18.6 Å². The lowest BCUT2D eigenvalue weighted by molar-refractivity contribution is -0.134. The molecule has 1 aromatic rings. The van der Waals surface area contributed by atoms with Gasteiger partial charge in [0, 0.05) is 25.9 Å². The van der Waals surface area contributed by atoms with Crippen LogP contribution in [0.15, 0.2) is 24.5 Å². The molecule has 0 saturated carbocycles. The molecule has 0 unspecified atom stereocenters. The van der Waals surface area contributed by atoms with E-state index < -0.39 is 6.10 Å². The Bertz CT molecular complexity index is 339. The van der Waals surface area contributed by atoms with Crippen molar-refractivity contribution in [3.63, 3.8) is 0 Å². The van der Waals surface area contributed by atoms with Crippen LogP contribution in [-0.2, 0) is 4.79 Å². The summed E-state index contributed by atoms with van der Waals surface area (Å²) in [7, 11) is 1.71. The molecule has 2 heterocycles. The van der Waals surface area contributed by atoms with Gasteiger partial charge >= 0.3 is 0 Å². The highest BCUT2D eigenvalue weighted by Crippen LogP contribution is 2.30. The Balaban J connectivity index is 2.26. The number of likely N-dealkylation sites (tertiary alicyclic amines) is 1. The Hall–Kier alpha value is -1.42. The number of aromatic nitrogens is 1. The van der Waals surface area contributed by atoms with Crippen molar-refractivity contribution in [1.82, 2.24) is 9.88 Å². The molecule has 0 aliphatic carbocycles. The summed E-state index contributed by atoms with van der Waals surface area (Å²) in [5.41, 5.74) is 1.02. The molecule has 2 atom stereocenters. The van der Waals surface area contributed by atoms with Gasteiger partial charge < -0.3 is 10.0 Å². The fourth-order valence-electron chi connectivity index (χ4n) is 1.80. The van der Waals surface area contributed by atoms with E-state index in [1.807, 2.05) is 12.1 Å². The zero-order chi connectivity index (χ0) is 10.1. The normalized spacial score (nSPS) is 27.0. The minimum atomic E-state index is -0.849. The second-order valence-electron chi connectivity index (χ2n) is 3.50. The van der Waals surface area contributed by atoms with Crippen molar-refractivity contribution in [2.24, 2.45) is 0 Å². The molecule has 1 N–H and O–H groups in total. The van der Waals surface area contributed by atoms with Crippen molar-refractivity contribution >= 4 is 5.91 Å². The summed E-state index contributed by atoms with van der Waals surface area (Å²) >= 11 is 0. The highest BCUT2D eigenvalue weighted by molar-refractivity contribution is 5.83. The maximum atomic E-state index is 11.3. The van der Waals surface area contributed by atoms with Gasteiger partial charge in [0.2, 0.25) is 0 Å². The number of carbonyl (C=O) groups excluding carboxylic acids is 1. The smallest absolute Gasteiger partial charge is 0.251 e. The average Bonchev–Trinajstić information content (AvgIpc) is 2.47. The van der Waals surface area contributed by atoms with Gasteiger partial charge in [-0.15, -0.1) is 0 Å². The predicted molar refractivity (Wildman–Crippen MR) is 50.4 cm³/mol. The monoisotopic (exact) mass is 192 g/mol. The molecule has 1 amide bonds. The summed E-state index contributed by atoms with van der Waals surface area (Å²) in [6.07, 6.45) is 3.01. The number of rotatable bonds is 1. The van der Waals surface area contributed by atoms with Gasteiger partial charge in [0.05, 0.1) is 6.04 Å². The molecule has 1 aliphatic heterocycles. The van der Waals surface area contributed by atoms with E-state index in [0.29, 0.717) is 6.42 Å². The average molecular weight is 192 g/mol. The van der Waals surface area contributed by atoms with Crippen LogP contribution in [0.3, 0.4) is 0 Å². The van der Waals surface area contributed by atoms with Crippen LogP contribution in [-0.4, -0.2) is 34.0 Å². The van der Waals surface area contributed by atoms with Crippen molar-refractivity contribution < 1.29 is 9.90 Å². The summed E-state index contributed by atoms with van der Waals surface area (Å²) < 4.78 is 0. The molecule has 4 nitrogen and oxygen atoms in total. The van der Waals surface area contributed by atoms with E-state index in [0.717, 1.165) is 5.56 Å². The van der Waals surface area contributed by atoms with Gasteiger partial charge in [-0.2, -0.15) is 0 Å². The lowest BCUT2D eigenvalue weighted by atomic mass is 10.1. The maximum Gasteiger partial charge on any atom is 0.251 e. The third-order valence-electron chi connectivity index (χ3n) is 2.64. The van der Waals surface area contributed by atoms with Gasteiger partial charge in [-0.3, -0.25) is 9.78 Å². The highest BCUT2D eigenvalue weighted by Gasteiger charge is 2.36. The molecule has 4 heteroatoms. The lowest BCUT2D eigenvalue weighted by Gasteiger charge is -2.19. The first-order valence-corrected chi connectivity index (χ1v) is 4.55. The summed E-state index contributed by atoms with van der Waals surface area (Å²) in [5, 5.41) is 9.39. The van der Waals surface area contributed by atoms with Crippen molar-refractivity contribution in [3.8, 4) is 0 Å². The van der Waals surface area contributed by atoms with Crippen molar-refractivity contribution in [1.29, 1.82) is 0 Å². The molecule has 0 aromatic carbocycles. The number of nitrogens with zero attached hydrogens (tertiary/aromatic N) is 2. The molecule has 74 valence electrons. The fraction of sp³-hybridized carbons (Fsp3) is 0.400. The summed E-state index contributed by atoms with van der Waals surface area (Å²) in [5.74, 6) is -0.202. The zero-order valence-electron chi connectivity index (χ0n) is 7.92. The number of aliphatic hydroxyl groups is 1. The molecule has 1 saturated heterocycles. The summed E-state index contributed by atoms with van der Waals surface area (Å²) in [4.78, 5) is 16.8. The van der Waals surface area contributed by atoms with Crippen LogP contribution in [0, 0.1) is 0 Å². The second kappa shape index (κ2) is 3.38. The molecule has 1 fully saturated rings. The van der Waals surface area contributed by atoms with E-state index >= 15 is 0 Å². The number of pyridine rings is 1. The van der Waals surface area contributed by atoms with Crippen molar-refractivity contribution in [2.75, 3.05) is 7.05 Å². The van der Waals surface area contributed by atoms with Gasteiger partial charge in [-0.05, 0) is 17.7 Å². The van der Waals surface area contributed by atoms with Crippen LogP contribution >= 0.6 is 0 Å². The molecule has 2 rings (SSSR count). The van der Waals surface area contributed by atoms with Crippen LogP contribution in [0.2, 0.25) is 0 Å². The predicted octanol–water partition coefficient (Wildman–Crippen LogP) is 0.346. The fourth-order valence-corrected chi connectivity index (χ4v) is 1.80. The first kappa shape index (κ1) is 9.15. The SMILES string of the molecule is CN1C(=O)[C@H](O)C[C@H]1c1ccncc1. The minimum absolute atomic E-state index is 0.0134. The first-order chi connectivity index (χ1) is 6.70. The van der Waals surface area contributed by atoms with Gasteiger partial charge in [0.1, 0.15) is 6.10 Å². The minimum Gasteiger partial charge on any atom is -0.383 e. The highest BCUT2D eigenvalue weighted by atomic mass is 16.3. The van der Waals surface area contributed by atoms with Crippen LogP contribution < -0.4 is 0 Å². The van der Waals surface area contributed by atoms with Gasteiger partial charge in [0.15, 0.2) is 0 Å². The number of carbonyl (C=O) groups is 1. The molecule has 1 aromatic heterocycles. The summed E-state index contributed by atoms with van der Waals surface area (Å²) in [6, 6.07) is 3.72. The Morgan fingerprint density at radius 3 is 2.64 bits per heavy atom. The molecule has 0 bridgehead atoms. The first-order valence-electron chi connectivity index (χ1n) is 4.55. The molecule has 14 heavy (non-hydrogen) atoms. The van der Waals surface area contributed by atoms with E-state index in [4.69, 9.17) is 0 Å². The number of likely N-dealkylation sites (N-methyl/N-ethyl adjacent to an activating group) is 1. The van der Waals surface area contributed by atoms with Crippen LogP contribution in [0.25, 0.3) is 0 Å². The number of amides is 1. The Morgan fingerprint density at radius 2 is 2.14 bits per heavy atom. The third-order valence-corrected chi connectivity index (χ3v) is 2.64. The van der Waals surface area contributed by atoms with Gasteiger partial charge in [0.25, 0.3) is 5.91 Å². The Labute approximate surface area is 82.2 Å². The van der Waals surface area contributed by atoms with Crippen LogP contribution in [0.1, 0.15) is 18.0 Å².